The van der Waals surface area contributed by atoms with E-state index in [0.717, 1.165) is 30.4 Å². The topological polar surface area (TPSA) is 77.8 Å². The molecule has 5 nitrogen and oxygen atoms in total. The summed E-state index contributed by atoms with van der Waals surface area (Å²) in [6.45, 7) is 1.42. The smallest absolute Gasteiger partial charge is 0.335 e. The molecule has 1 aliphatic carbocycles. The number of likely N-dealkylation sites (tertiary alicyclic amines) is 1. The molecular weight excluding hydrogens is 378 g/mol. The Hall–Kier alpha value is -2.76. The largest absolute Gasteiger partial charge is 0.478 e. The summed E-state index contributed by atoms with van der Waals surface area (Å²) in [6.07, 6.45) is 6.26. The summed E-state index contributed by atoms with van der Waals surface area (Å²) in [7, 11) is 0. The molecule has 0 spiro atoms. The minimum Gasteiger partial charge on any atom is -0.478 e. The van der Waals surface area contributed by atoms with Crippen molar-refractivity contribution >= 4 is 11.8 Å². The maximum Gasteiger partial charge on any atom is 0.335 e. The Bertz CT molecular complexity index is 931. The van der Waals surface area contributed by atoms with Crippen molar-refractivity contribution in [1.82, 2.24) is 4.90 Å². The van der Waals surface area contributed by atoms with Crippen LogP contribution in [0.5, 0.6) is 0 Å². The number of carboxylic acid groups (broad SMARTS) is 1. The predicted octanol–water partition coefficient (Wildman–Crippen LogP) is 3.22. The highest BCUT2D eigenvalue weighted by Gasteiger charge is 2.49. The van der Waals surface area contributed by atoms with Gasteiger partial charge in [-0.05, 0) is 42.5 Å². The molecule has 1 heterocycles. The lowest BCUT2D eigenvalue weighted by Gasteiger charge is -2.23. The highest BCUT2D eigenvalue weighted by molar-refractivity contribution is 5.88. The number of benzene rings is 2. The van der Waals surface area contributed by atoms with E-state index in [4.69, 9.17) is 5.11 Å². The number of nitrogens with zero attached hydrogens (tertiary/aromatic N) is 1. The van der Waals surface area contributed by atoms with E-state index in [1.54, 1.807) is 12.1 Å². The van der Waals surface area contributed by atoms with Crippen molar-refractivity contribution in [2.24, 2.45) is 0 Å². The molecule has 0 unspecified atom stereocenters. The molecule has 0 aromatic heterocycles. The van der Waals surface area contributed by atoms with E-state index >= 15 is 0 Å². The van der Waals surface area contributed by atoms with E-state index in [9.17, 15) is 14.7 Å². The quantitative estimate of drug-likeness (QED) is 0.660. The SMILES string of the molecule is O=C(O)c1ccc(CCN2CCC(=O)[C@H]2C=C[C@@H](O)C2(c3ccccc3)CC2)cc1. The molecule has 2 fully saturated rings. The van der Waals surface area contributed by atoms with Gasteiger partial charge in [-0.25, -0.2) is 4.79 Å². The van der Waals surface area contributed by atoms with E-state index in [0.29, 0.717) is 19.5 Å². The summed E-state index contributed by atoms with van der Waals surface area (Å²) in [6, 6.07) is 16.7. The molecule has 2 atom stereocenters. The first-order valence-corrected chi connectivity index (χ1v) is 10.5. The van der Waals surface area contributed by atoms with Crippen LogP contribution in [-0.4, -0.2) is 52.1 Å². The van der Waals surface area contributed by atoms with Crippen molar-refractivity contribution in [3.8, 4) is 0 Å². The first kappa shape index (κ1) is 20.5. The second-order valence-corrected chi connectivity index (χ2v) is 8.30. The predicted molar refractivity (Wildman–Crippen MR) is 115 cm³/mol. The molecule has 0 bridgehead atoms. The van der Waals surface area contributed by atoms with Crippen LogP contribution in [0.2, 0.25) is 0 Å². The average Bonchev–Trinajstić information content (AvgIpc) is 3.51. The molecule has 1 saturated carbocycles. The fourth-order valence-electron chi connectivity index (χ4n) is 4.37. The number of hydrogen-bond acceptors (Lipinski definition) is 4. The first-order chi connectivity index (χ1) is 14.5. The molecule has 2 N–H and O–H groups in total. The maximum absolute atomic E-state index is 12.4. The van der Waals surface area contributed by atoms with Crippen LogP contribution >= 0.6 is 0 Å². The van der Waals surface area contributed by atoms with Gasteiger partial charge in [-0.1, -0.05) is 54.6 Å². The molecule has 2 aromatic rings. The Morgan fingerprint density at radius 2 is 1.83 bits per heavy atom. The third-order valence-electron chi connectivity index (χ3n) is 6.44. The van der Waals surface area contributed by atoms with Gasteiger partial charge in [-0.2, -0.15) is 0 Å². The van der Waals surface area contributed by atoms with Gasteiger partial charge in [0.1, 0.15) is 0 Å². The van der Waals surface area contributed by atoms with Crippen molar-refractivity contribution < 1.29 is 19.8 Å². The number of aromatic carboxylic acids is 1. The van der Waals surface area contributed by atoms with E-state index in [1.165, 1.54) is 0 Å². The first-order valence-electron chi connectivity index (χ1n) is 10.5. The Kier molecular flexibility index (Phi) is 5.84. The summed E-state index contributed by atoms with van der Waals surface area (Å²) >= 11 is 0. The number of carboxylic acids is 1. The zero-order valence-electron chi connectivity index (χ0n) is 16.9. The monoisotopic (exact) mass is 405 g/mol. The molecular formula is C25H27NO4. The lowest BCUT2D eigenvalue weighted by molar-refractivity contribution is -0.118. The highest BCUT2D eigenvalue weighted by Crippen LogP contribution is 2.51. The molecule has 1 saturated heterocycles. The summed E-state index contributed by atoms with van der Waals surface area (Å²) in [5, 5.41) is 19.8. The van der Waals surface area contributed by atoms with Crippen LogP contribution in [0.25, 0.3) is 0 Å². The third-order valence-corrected chi connectivity index (χ3v) is 6.44. The summed E-state index contributed by atoms with van der Waals surface area (Å²) in [4.78, 5) is 25.5. The number of ketones is 1. The Morgan fingerprint density at radius 1 is 1.13 bits per heavy atom. The fourth-order valence-corrected chi connectivity index (χ4v) is 4.37. The number of Topliss-reactive ketones (excluding diaryl/α,β-unsaturated/α-hetero) is 1. The second-order valence-electron chi connectivity index (χ2n) is 8.30. The Labute approximate surface area is 176 Å². The zero-order chi connectivity index (χ0) is 21.1. The fraction of sp³-hybridized carbons (Fsp3) is 0.360. The molecule has 4 rings (SSSR count). The Morgan fingerprint density at radius 3 is 2.47 bits per heavy atom. The summed E-state index contributed by atoms with van der Waals surface area (Å²) < 4.78 is 0. The van der Waals surface area contributed by atoms with E-state index in [-0.39, 0.29) is 22.8 Å². The molecule has 30 heavy (non-hydrogen) atoms. The van der Waals surface area contributed by atoms with Gasteiger partial charge in [0, 0.05) is 24.9 Å². The summed E-state index contributed by atoms with van der Waals surface area (Å²) in [5.74, 6) is -0.747. The Balaban J connectivity index is 1.39. The lowest BCUT2D eigenvalue weighted by atomic mass is 9.89. The van der Waals surface area contributed by atoms with Crippen LogP contribution in [0.15, 0.2) is 66.7 Å². The number of carbonyl (C=O) groups is 2. The molecule has 2 aromatic carbocycles. The molecule has 0 amide bonds. The van der Waals surface area contributed by atoms with Gasteiger partial charge in [-0.15, -0.1) is 0 Å². The van der Waals surface area contributed by atoms with Gasteiger partial charge in [-0.3, -0.25) is 9.69 Å². The van der Waals surface area contributed by atoms with Crippen molar-refractivity contribution in [1.29, 1.82) is 0 Å². The number of carbonyl (C=O) groups excluding carboxylic acids is 1. The van der Waals surface area contributed by atoms with Crippen molar-refractivity contribution in [3.63, 3.8) is 0 Å². The molecule has 156 valence electrons. The van der Waals surface area contributed by atoms with Crippen molar-refractivity contribution in [3.05, 3.63) is 83.4 Å². The van der Waals surface area contributed by atoms with Gasteiger partial charge in [0.25, 0.3) is 0 Å². The molecule has 5 heteroatoms. The van der Waals surface area contributed by atoms with Crippen LogP contribution in [0.4, 0.5) is 0 Å². The minimum atomic E-state index is -0.931. The second kappa shape index (κ2) is 8.54. The normalized spacial score (nSPS) is 21.8. The van der Waals surface area contributed by atoms with E-state index in [2.05, 4.69) is 17.0 Å². The average molecular weight is 405 g/mol. The van der Waals surface area contributed by atoms with E-state index < -0.39 is 12.1 Å². The summed E-state index contributed by atoms with van der Waals surface area (Å²) in [5.41, 5.74) is 2.26. The van der Waals surface area contributed by atoms with Crippen LogP contribution in [0.3, 0.4) is 0 Å². The highest BCUT2D eigenvalue weighted by atomic mass is 16.4. The zero-order valence-corrected chi connectivity index (χ0v) is 16.9. The number of hydrogen-bond donors (Lipinski definition) is 2. The van der Waals surface area contributed by atoms with Crippen LogP contribution in [0.1, 0.15) is 40.7 Å². The standard InChI is InChI=1S/C25H27NO4/c27-22-13-17-26(16-12-18-6-8-19(9-7-18)24(29)30)21(22)10-11-23(28)25(14-15-25)20-4-2-1-3-5-20/h1-11,21,23,28H,12-17H2,(H,29,30)/t21-,23-/m1/s1. The van der Waals surface area contributed by atoms with Crippen molar-refractivity contribution in [2.75, 3.05) is 13.1 Å². The van der Waals surface area contributed by atoms with E-state index in [1.807, 2.05) is 42.5 Å². The maximum atomic E-state index is 12.4. The van der Waals surface area contributed by atoms with Gasteiger partial charge < -0.3 is 10.2 Å². The van der Waals surface area contributed by atoms with Gasteiger partial charge in [0.15, 0.2) is 5.78 Å². The molecule has 1 aliphatic heterocycles. The van der Waals surface area contributed by atoms with Crippen LogP contribution in [0, 0.1) is 0 Å². The van der Waals surface area contributed by atoms with Crippen LogP contribution < -0.4 is 0 Å². The molecule has 0 radical (unpaired) electrons. The minimum absolute atomic E-state index is 0.184. The van der Waals surface area contributed by atoms with Gasteiger partial charge >= 0.3 is 5.97 Å². The van der Waals surface area contributed by atoms with Gasteiger partial charge in [0.05, 0.1) is 17.7 Å². The molecule has 2 aliphatic rings. The number of aliphatic hydroxyl groups is 1. The third kappa shape index (κ3) is 4.23. The van der Waals surface area contributed by atoms with Crippen LogP contribution in [-0.2, 0) is 16.6 Å². The number of rotatable bonds is 8. The van der Waals surface area contributed by atoms with Gasteiger partial charge in [0.2, 0.25) is 0 Å². The number of aliphatic hydroxyl groups excluding tert-OH is 1. The van der Waals surface area contributed by atoms with Crippen molar-refractivity contribution in [2.45, 2.75) is 43.2 Å². The lowest BCUT2D eigenvalue weighted by Crippen LogP contribution is -2.34.